The number of benzene rings is 2. The van der Waals surface area contributed by atoms with E-state index >= 15 is 0 Å². The van der Waals surface area contributed by atoms with E-state index in [1.165, 1.54) is 0 Å². The first-order valence-electron chi connectivity index (χ1n) is 9.05. The van der Waals surface area contributed by atoms with Gasteiger partial charge in [0.05, 0.1) is 11.1 Å². The lowest BCUT2D eigenvalue weighted by Gasteiger charge is -2.18. The Hall–Kier alpha value is -2.24. The zero-order valence-electron chi connectivity index (χ0n) is 15.4. The van der Waals surface area contributed by atoms with Gasteiger partial charge in [-0.1, -0.05) is 44.1 Å². The lowest BCUT2D eigenvalue weighted by molar-refractivity contribution is -0.143. The minimum atomic E-state index is -4.87. The molecule has 1 aliphatic carbocycles. The fourth-order valence-electron chi connectivity index (χ4n) is 3.51. The molecular weight excluding hydrogens is 378 g/mol. The van der Waals surface area contributed by atoms with Crippen LogP contribution in [0.4, 0.5) is 26.3 Å². The van der Waals surface area contributed by atoms with Crippen LogP contribution in [-0.2, 0) is 18.8 Å². The monoisotopic (exact) mass is 397 g/mol. The van der Waals surface area contributed by atoms with Crippen LogP contribution < -0.4 is 0 Å². The maximum atomic E-state index is 13.3. The molecule has 28 heavy (non-hydrogen) atoms. The fraction of sp³-hybridized carbons (Fsp3) is 0.318. The van der Waals surface area contributed by atoms with E-state index in [2.05, 4.69) is 0 Å². The average molecular weight is 397 g/mol. The van der Waals surface area contributed by atoms with E-state index in [-0.39, 0.29) is 11.6 Å². The first kappa shape index (κ1) is 20.5. The highest BCUT2D eigenvalue weighted by Gasteiger charge is 2.37. The van der Waals surface area contributed by atoms with E-state index in [1.807, 2.05) is 32.4 Å². The standard InChI is InChI=1S/C22H19F6/c1-3-5-14-6-7-15-8-13(4-2)9-19(15)20(14)16-10-17(21(23,24)25)12-18(11-16)22(26,27)28/h6-12H,3-5H2,1-2H3. The first-order valence-corrected chi connectivity index (χ1v) is 9.05. The van der Waals surface area contributed by atoms with Crippen molar-refractivity contribution in [2.24, 2.45) is 0 Å². The van der Waals surface area contributed by atoms with Crippen molar-refractivity contribution in [1.82, 2.24) is 0 Å². The molecule has 149 valence electrons. The van der Waals surface area contributed by atoms with Gasteiger partial charge < -0.3 is 0 Å². The normalized spacial score (nSPS) is 14.2. The van der Waals surface area contributed by atoms with Gasteiger partial charge in [-0.05, 0) is 58.9 Å². The molecule has 0 aliphatic heterocycles. The molecule has 0 saturated heterocycles. The Balaban J connectivity index is 2.31. The van der Waals surface area contributed by atoms with Crippen molar-refractivity contribution < 1.29 is 26.3 Å². The van der Waals surface area contributed by atoms with Crippen LogP contribution in [0.2, 0.25) is 0 Å². The van der Waals surface area contributed by atoms with Crippen molar-refractivity contribution in [3.63, 3.8) is 0 Å². The molecule has 6 heteroatoms. The molecule has 0 saturated carbocycles. The highest BCUT2D eigenvalue weighted by atomic mass is 19.4. The molecule has 2 aromatic rings. The molecule has 0 fully saturated rings. The molecule has 1 radical (unpaired) electrons. The fourth-order valence-corrected chi connectivity index (χ4v) is 3.51. The summed E-state index contributed by atoms with van der Waals surface area (Å²) in [4.78, 5) is 0. The Morgan fingerprint density at radius 2 is 1.43 bits per heavy atom. The van der Waals surface area contributed by atoms with Crippen molar-refractivity contribution in [2.75, 3.05) is 0 Å². The Labute approximate surface area is 159 Å². The van der Waals surface area contributed by atoms with Crippen molar-refractivity contribution in [3.05, 3.63) is 70.1 Å². The molecule has 0 heterocycles. The summed E-state index contributed by atoms with van der Waals surface area (Å²) < 4.78 is 79.8. The van der Waals surface area contributed by atoms with Crippen molar-refractivity contribution >= 4 is 6.08 Å². The molecule has 0 bridgehead atoms. The van der Waals surface area contributed by atoms with E-state index in [0.29, 0.717) is 17.5 Å². The number of aryl methyl sites for hydroxylation is 1. The topological polar surface area (TPSA) is 0 Å². The molecule has 0 atom stereocenters. The largest absolute Gasteiger partial charge is 0.416 e. The second kappa shape index (κ2) is 7.30. The molecule has 0 unspecified atom stereocenters. The van der Waals surface area contributed by atoms with Gasteiger partial charge in [-0.25, -0.2) is 0 Å². The van der Waals surface area contributed by atoms with Crippen LogP contribution in [0, 0.1) is 6.42 Å². The zero-order valence-corrected chi connectivity index (χ0v) is 15.4. The summed E-state index contributed by atoms with van der Waals surface area (Å²) in [7, 11) is 0. The summed E-state index contributed by atoms with van der Waals surface area (Å²) in [6, 6.07) is 5.49. The van der Waals surface area contributed by atoms with Gasteiger partial charge in [-0.2, -0.15) is 26.3 Å². The average Bonchev–Trinajstić information content (AvgIpc) is 3.03. The Morgan fingerprint density at radius 3 is 1.93 bits per heavy atom. The smallest absolute Gasteiger partial charge is 0.166 e. The third-order valence-electron chi connectivity index (χ3n) is 4.84. The third kappa shape index (κ3) is 3.96. The van der Waals surface area contributed by atoms with Gasteiger partial charge >= 0.3 is 12.4 Å². The van der Waals surface area contributed by atoms with Gasteiger partial charge in [-0.3, -0.25) is 0 Å². The number of fused-ring (bicyclic) bond motifs is 1. The van der Waals surface area contributed by atoms with Gasteiger partial charge in [0.1, 0.15) is 0 Å². The highest BCUT2D eigenvalue weighted by Crippen LogP contribution is 2.43. The number of alkyl halides is 6. The Kier molecular flexibility index (Phi) is 5.34. The number of rotatable bonds is 4. The van der Waals surface area contributed by atoms with E-state index < -0.39 is 23.5 Å². The van der Waals surface area contributed by atoms with Crippen LogP contribution in [0.25, 0.3) is 17.2 Å². The van der Waals surface area contributed by atoms with Crippen LogP contribution in [-0.4, -0.2) is 0 Å². The van der Waals surface area contributed by atoms with Crippen molar-refractivity contribution in [1.29, 1.82) is 0 Å². The molecule has 2 aromatic carbocycles. The number of hydrogen-bond donors (Lipinski definition) is 0. The van der Waals surface area contributed by atoms with Crippen LogP contribution in [0.3, 0.4) is 0 Å². The van der Waals surface area contributed by atoms with Crippen molar-refractivity contribution in [2.45, 2.75) is 45.5 Å². The SMILES string of the molecule is CCCc1ccc2c(c1-c1cc(C(F)(F)F)cc(C(F)(F)F)c1)C=C(CC)[CH]2. The van der Waals surface area contributed by atoms with E-state index in [1.54, 1.807) is 6.07 Å². The second-order valence-electron chi connectivity index (χ2n) is 6.86. The summed E-state index contributed by atoms with van der Waals surface area (Å²) >= 11 is 0. The first-order chi connectivity index (χ1) is 13.0. The number of allylic oxidation sites excluding steroid dienone is 1. The van der Waals surface area contributed by atoms with Gasteiger partial charge in [0.25, 0.3) is 0 Å². The molecular formula is C22H19F6. The number of hydrogen-bond acceptors (Lipinski definition) is 0. The Bertz CT molecular complexity index is 884. The van der Waals surface area contributed by atoms with Gasteiger partial charge in [0.15, 0.2) is 0 Å². The van der Waals surface area contributed by atoms with Crippen LogP contribution in [0.5, 0.6) is 0 Å². The van der Waals surface area contributed by atoms with E-state index in [0.717, 1.165) is 41.7 Å². The lowest BCUT2D eigenvalue weighted by atomic mass is 9.88. The van der Waals surface area contributed by atoms with Gasteiger partial charge in [0, 0.05) is 6.42 Å². The molecule has 0 N–H and O–H groups in total. The summed E-state index contributed by atoms with van der Waals surface area (Å²) in [6.45, 7) is 3.87. The predicted octanol–water partition coefficient (Wildman–Crippen LogP) is 7.70. The van der Waals surface area contributed by atoms with E-state index in [4.69, 9.17) is 0 Å². The zero-order chi connectivity index (χ0) is 20.7. The third-order valence-corrected chi connectivity index (χ3v) is 4.84. The van der Waals surface area contributed by atoms with Gasteiger partial charge in [0.2, 0.25) is 0 Å². The lowest BCUT2D eigenvalue weighted by Crippen LogP contribution is -2.11. The molecule has 0 spiro atoms. The maximum absolute atomic E-state index is 13.3. The number of halogens is 6. The van der Waals surface area contributed by atoms with Crippen LogP contribution in [0.1, 0.15) is 54.5 Å². The predicted molar refractivity (Wildman–Crippen MR) is 97.5 cm³/mol. The quantitative estimate of drug-likeness (QED) is 0.464. The summed E-state index contributed by atoms with van der Waals surface area (Å²) in [5, 5.41) is 0. The summed E-state index contributed by atoms with van der Waals surface area (Å²) in [5.74, 6) is 0. The molecule has 0 amide bonds. The molecule has 1 aliphatic rings. The highest BCUT2D eigenvalue weighted by molar-refractivity contribution is 5.85. The summed E-state index contributed by atoms with van der Waals surface area (Å²) in [5.41, 5.74) is 1.06. The van der Waals surface area contributed by atoms with Crippen molar-refractivity contribution in [3.8, 4) is 11.1 Å². The van der Waals surface area contributed by atoms with Crippen LogP contribution >= 0.6 is 0 Å². The Morgan fingerprint density at radius 1 is 0.821 bits per heavy atom. The molecule has 3 rings (SSSR count). The molecule has 0 aromatic heterocycles. The van der Waals surface area contributed by atoms with Crippen LogP contribution in [0.15, 0.2) is 35.9 Å². The second-order valence-corrected chi connectivity index (χ2v) is 6.86. The maximum Gasteiger partial charge on any atom is 0.416 e. The van der Waals surface area contributed by atoms with E-state index in [9.17, 15) is 26.3 Å². The minimum absolute atomic E-state index is 0.0514. The molecule has 0 nitrogen and oxygen atoms in total. The van der Waals surface area contributed by atoms with Gasteiger partial charge in [-0.15, -0.1) is 0 Å². The minimum Gasteiger partial charge on any atom is -0.166 e. The summed E-state index contributed by atoms with van der Waals surface area (Å²) in [6.07, 6.45) is -3.93.